The van der Waals surface area contributed by atoms with Crippen LogP contribution in [0, 0.1) is 5.82 Å². The first kappa shape index (κ1) is 17.7. The van der Waals surface area contributed by atoms with Crippen LogP contribution in [0.15, 0.2) is 42.5 Å². The normalized spacial score (nSPS) is 10.7. The molecule has 0 fully saturated rings. The van der Waals surface area contributed by atoms with Crippen LogP contribution in [0.25, 0.3) is 0 Å². The van der Waals surface area contributed by atoms with Crippen molar-refractivity contribution in [3.63, 3.8) is 0 Å². The molecule has 5 heteroatoms. The molecule has 0 saturated carbocycles. The Hall–Kier alpha value is -1.62. The van der Waals surface area contributed by atoms with Crippen LogP contribution >= 0.6 is 11.6 Å². The number of hydrogen-bond acceptors (Lipinski definition) is 3. The topological polar surface area (TPSA) is 41.5 Å². The van der Waals surface area contributed by atoms with Gasteiger partial charge in [0.25, 0.3) is 0 Å². The molecule has 2 aromatic rings. The van der Waals surface area contributed by atoms with Gasteiger partial charge in [0.05, 0.1) is 5.02 Å². The second-order valence-corrected chi connectivity index (χ2v) is 5.68. The van der Waals surface area contributed by atoms with E-state index < -0.39 is 0 Å². The van der Waals surface area contributed by atoms with Crippen LogP contribution in [0.4, 0.5) is 4.39 Å². The molecule has 3 nitrogen and oxygen atoms in total. The van der Waals surface area contributed by atoms with Crippen LogP contribution in [0.2, 0.25) is 5.02 Å². The zero-order chi connectivity index (χ0) is 16.5. The van der Waals surface area contributed by atoms with E-state index in [-0.39, 0.29) is 12.4 Å². The second kappa shape index (κ2) is 9.50. The lowest BCUT2D eigenvalue weighted by Gasteiger charge is -2.09. The zero-order valence-electron chi connectivity index (χ0n) is 12.9. The van der Waals surface area contributed by atoms with Crippen molar-refractivity contribution in [2.45, 2.75) is 26.0 Å². The van der Waals surface area contributed by atoms with Crippen molar-refractivity contribution >= 4 is 11.6 Å². The molecular formula is C18H21ClFNO2. The molecule has 2 aromatic carbocycles. The number of aliphatic hydroxyl groups excluding tert-OH is 1. The van der Waals surface area contributed by atoms with E-state index in [1.807, 2.05) is 24.3 Å². The van der Waals surface area contributed by atoms with E-state index in [1.165, 1.54) is 17.7 Å². The molecule has 23 heavy (non-hydrogen) atoms. The summed E-state index contributed by atoms with van der Waals surface area (Å²) in [5.74, 6) is 0.393. The second-order valence-electron chi connectivity index (χ2n) is 5.28. The molecule has 124 valence electrons. The maximum Gasteiger partial charge on any atom is 0.124 e. The van der Waals surface area contributed by atoms with E-state index in [4.69, 9.17) is 21.4 Å². The Morgan fingerprint density at radius 2 is 1.87 bits per heavy atom. The van der Waals surface area contributed by atoms with Crippen LogP contribution < -0.4 is 10.1 Å². The monoisotopic (exact) mass is 337 g/mol. The lowest BCUT2D eigenvalue weighted by Crippen LogP contribution is -2.14. The Morgan fingerprint density at radius 3 is 2.57 bits per heavy atom. The molecule has 2 N–H and O–H groups in total. The van der Waals surface area contributed by atoms with Crippen molar-refractivity contribution in [3.8, 4) is 5.75 Å². The lowest BCUT2D eigenvalue weighted by atomic mass is 10.2. The summed E-state index contributed by atoms with van der Waals surface area (Å²) >= 11 is 5.97. The van der Waals surface area contributed by atoms with E-state index >= 15 is 0 Å². The Labute approximate surface area is 141 Å². The van der Waals surface area contributed by atoms with Gasteiger partial charge in [0.1, 0.15) is 18.2 Å². The summed E-state index contributed by atoms with van der Waals surface area (Å²) in [6.07, 6.45) is 1.79. The molecule has 0 radical (unpaired) electrons. The van der Waals surface area contributed by atoms with Gasteiger partial charge in [0.15, 0.2) is 0 Å². The highest BCUT2D eigenvalue weighted by atomic mass is 35.5. The molecule has 0 bridgehead atoms. The highest BCUT2D eigenvalue weighted by molar-refractivity contribution is 6.31. The molecule has 2 rings (SSSR count). The summed E-state index contributed by atoms with van der Waals surface area (Å²) in [6, 6.07) is 12.1. The molecular weight excluding hydrogens is 317 g/mol. The third kappa shape index (κ3) is 6.18. The van der Waals surface area contributed by atoms with Gasteiger partial charge in [0, 0.05) is 18.7 Å². The number of aliphatic hydroxyl groups is 1. The van der Waals surface area contributed by atoms with Crippen LogP contribution in [-0.4, -0.2) is 18.3 Å². The Morgan fingerprint density at radius 1 is 1.09 bits per heavy atom. The minimum absolute atomic E-state index is 0.242. The summed E-state index contributed by atoms with van der Waals surface area (Å²) in [5.41, 5.74) is 1.92. The summed E-state index contributed by atoms with van der Waals surface area (Å²) in [7, 11) is 0. The van der Waals surface area contributed by atoms with Gasteiger partial charge in [-0.05, 0) is 49.2 Å². The number of nitrogens with one attached hydrogen (secondary N) is 1. The van der Waals surface area contributed by atoms with Gasteiger partial charge < -0.3 is 15.2 Å². The number of unbranched alkanes of at least 4 members (excludes halogenated alkanes) is 1. The fraction of sp³-hybridized carbons (Fsp3) is 0.333. The molecule has 0 heterocycles. The first-order valence-corrected chi connectivity index (χ1v) is 8.04. The Kier molecular flexibility index (Phi) is 7.33. The van der Waals surface area contributed by atoms with Crippen molar-refractivity contribution < 1.29 is 14.2 Å². The van der Waals surface area contributed by atoms with E-state index in [0.29, 0.717) is 11.6 Å². The van der Waals surface area contributed by atoms with Gasteiger partial charge >= 0.3 is 0 Å². The SMILES string of the molecule is OCCCCNCc1ccc(OCc2ccc(F)cc2Cl)cc1. The molecule has 0 atom stereocenters. The highest BCUT2D eigenvalue weighted by Gasteiger charge is 2.03. The zero-order valence-corrected chi connectivity index (χ0v) is 13.7. The van der Waals surface area contributed by atoms with Crippen LogP contribution in [0.3, 0.4) is 0 Å². The molecule has 0 aliphatic heterocycles. The van der Waals surface area contributed by atoms with Gasteiger partial charge in [-0.1, -0.05) is 29.8 Å². The third-order valence-corrected chi connectivity index (χ3v) is 3.78. The fourth-order valence-electron chi connectivity index (χ4n) is 2.10. The summed E-state index contributed by atoms with van der Waals surface area (Å²) in [5, 5.41) is 12.4. The summed E-state index contributed by atoms with van der Waals surface area (Å²) in [6.45, 7) is 2.22. The molecule has 0 aromatic heterocycles. The summed E-state index contributed by atoms with van der Waals surface area (Å²) < 4.78 is 18.7. The van der Waals surface area contributed by atoms with Crippen molar-refractivity contribution in [3.05, 3.63) is 64.4 Å². The number of hydrogen-bond donors (Lipinski definition) is 2. The molecule has 0 aliphatic rings. The van der Waals surface area contributed by atoms with Gasteiger partial charge in [-0.3, -0.25) is 0 Å². The van der Waals surface area contributed by atoms with Crippen molar-refractivity contribution in [1.29, 1.82) is 0 Å². The molecule has 0 spiro atoms. The summed E-state index contributed by atoms with van der Waals surface area (Å²) in [4.78, 5) is 0. The van der Waals surface area contributed by atoms with E-state index in [9.17, 15) is 4.39 Å². The quantitative estimate of drug-likeness (QED) is 0.681. The van der Waals surface area contributed by atoms with Crippen LogP contribution in [-0.2, 0) is 13.2 Å². The minimum atomic E-state index is -0.352. The standard InChI is InChI=1S/C18H21ClFNO2/c19-18-11-16(20)6-5-15(18)13-23-17-7-3-14(4-8-17)12-21-9-1-2-10-22/h3-8,11,21-22H,1-2,9-10,12-13H2. The van der Waals surface area contributed by atoms with Crippen LogP contribution in [0.1, 0.15) is 24.0 Å². The van der Waals surface area contributed by atoms with Crippen molar-refractivity contribution in [2.75, 3.05) is 13.2 Å². The third-order valence-electron chi connectivity index (χ3n) is 3.42. The lowest BCUT2D eigenvalue weighted by molar-refractivity contribution is 0.283. The van der Waals surface area contributed by atoms with Gasteiger partial charge in [-0.25, -0.2) is 4.39 Å². The predicted molar refractivity (Wildman–Crippen MR) is 90.2 cm³/mol. The molecule has 0 unspecified atom stereocenters. The first-order chi connectivity index (χ1) is 11.2. The van der Waals surface area contributed by atoms with Crippen molar-refractivity contribution in [1.82, 2.24) is 5.32 Å². The van der Waals surface area contributed by atoms with Gasteiger partial charge in [-0.2, -0.15) is 0 Å². The van der Waals surface area contributed by atoms with Gasteiger partial charge in [0.2, 0.25) is 0 Å². The van der Waals surface area contributed by atoms with E-state index in [1.54, 1.807) is 6.07 Å². The molecule has 0 saturated heterocycles. The van der Waals surface area contributed by atoms with Crippen molar-refractivity contribution in [2.24, 2.45) is 0 Å². The van der Waals surface area contributed by atoms with Gasteiger partial charge in [-0.15, -0.1) is 0 Å². The number of benzene rings is 2. The average molecular weight is 338 g/mol. The van der Waals surface area contributed by atoms with E-state index in [0.717, 1.165) is 37.2 Å². The first-order valence-electron chi connectivity index (χ1n) is 7.66. The van der Waals surface area contributed by atoms with Crippen LogP contribution in [0.5, 0.6) is 5.75 Å². The number of ether oxygens (including phenoxy) is 1. The fourth-order valence-corrected chi connectivity index (χ4v) is 2.32. The Balaban J connectivity index is 1.78. The maximum absolute atomic E-state index is 13.0. The maximum atomic E-state index is 13.0. The van der Waals surface area contributed by atoms with E-state index in [2.05, 4.69) is 5.32 Å². The number of halogens is 2. The number of rotatable bonds is 9. The highest BCUT2D eigenvalue weighted by Crippen LogP contribution is 2.20. The Bertz CT molecular complexity index is 604. The molecule has 0 aliphatic carbocycles. The predicted octanol–water partition coefficient (Wildman–Crippen LogP) is 3.92. The smallest absolute Gasteiger partial charge is 0.124 e. The minimum Gasteiger partial charge on any atom is -0.489 e. The molecule has 0 amide bonds. The largest absolute Gasteiger partial charge is 0.489 e. The average Bonchev–Trinajstić information content (AvgIpc) is 2.55.